The minimum absolute atomic E-state index is 0.0782. The first-order valence-corrected chi connectivity index (χ1v) is 8.65. The molecule has 5 aromatic rings. The second-order valence-electron chi connectivity index (χ2n) is 6.40. The van der Waals surface area contributed by atoms with Crippen LogP contribution >= 0.6 is 0 Å². The highest BCUT2D eigenvalue weighted by Crippen LogP contribution is 2.41. The number of hydrogen-bond acceptors (Lipinski definition) is 3. The second-order valence-corrected chi connectivity index (χ2v) is 6.40. The highest BCUT2D eigenvalue weighted by atomic mass is 16.4. The Labute approximate surface area is 154 Å². The maximum Gasteiger partial charge on any atom is 0.349 e. The van der Waals surface area contributed by atoms with Crippen LogP contribution in [0.4, 0.5) is 0 Å². The van der Waals surface area contributed by atoms with Crippen molar-refractivity contribution in [3.05, 3.63) is 89.3 Å². The van der Waals surface area contributed by atoms with E-state index in [1.165, 1.54) is 0 Å². The summed E-state index contributed by atoms with van der Waals surface area (Å²) in [5, 5.41) is 12.4. The summed E-state index contributed by atoms with van der Waals surface area (Å²) in [6.07, 6.45) is 0. The highest BCUT2D eigenvalue weighted by molar-refractivity contribution is 6.05. The van der Waals surface area contributed by atoms with Gasteiger partial charge in [0.15, 0.2) is 0 Å². The Morgan fingerprint density at radius 1 is 0.741 bits per heavy atom. The van der Waals surface area contributed by atoms with Gasteiger partial charge >= 0.3 is 5.63 Å². The molecule has 0 aliphatic carbocycles. The van der Waals surface area contributed by atoms with Crippen LogP contribution in [0.2, 0.25) is 0 Å². The molecule has 5 rings (SSSR count). The van der Waals surface area contributed by atoms with E-state index in [1.54, 1.807) is 24.3 Å². The Morgan fingerprint density at radius 3 is 2.22 bits per heavy atom. The zero-order valence-corrected chi connectivity index (χ0v) is 14.3. The average Bonchev–Trinajstić information content (AvgIpc) is 3.07. The fraction of sp³-hybridized carbons (Fsp3) is 0. The lowest BCUT2D eigenvalue weighted by atomic mass is 9.98. The Kier molecular flexibility index (Phi) is 3.37. The predicted octanol–water partition coefficient (Wildman–Crippen LogP) is 5.31. The van der Waals surface area contributed by atoms with Crippen LogP contribution in [0.5, 0.6) is 5.75 Å². The van der Waals surface area contributed by atoms with Gasteiger partial charge in [-0.05, 0) is 23.8 Å². The van der Waals surface area contributed by atoms with E-state index in [9.17, 15) is 9.90 Å². The molecule has 0 radical (unpaired) electrons. The molecule has 0 aliphatic rings. The van der Waals surface area contributed by atoms with Gasteiger partial charge < -0.3 is 14.5 Å². The van der Waals surface area contributed by atoms with Crippen molar-refractivity contribution < 1.29 is 9.52 Å². The monoisotopic (exact) mass is 353 g/mol. The maximum absolute atomic E-state index is 12.8. The zero-order chi connectivity index (χ0) is 18.4. The molecule has 27 heavy (non-hydrogen) atoms. The third-order valence-corrected chi connectivity index (χ3v) is 4.80. The molecular formula is C23H15NO3. The van der Waals surface area contributed by atoms with Gasteiger partial charge in [-0.25, -0.2) is 4.79 Å². The normalized spacial score (nSPS) is 11.3. The molecular weight excluding hydrogens is 338 g/mol. The van der Waals surface area contributed by atoms with E-state index in [-0.39, 0.29) is 11.3 Å². The van der Waals surface area contributed by atoms with Crippen LogP contribution in [0.25, 0.3) is 44.3 Å². The Hall–Kier alpha value is -3.79. The van der Waals surface area contributed by atoms with E-state index in [1.807, 2.05) is 54.6 Å². The van der Waals surface area contributed by atoms with E-state index in [0.717, 1.165) is 22.0 Å². The van der Waals surface area contributed by atoms with Crippen molar-refractivity contribution >= 4 is 21.9 Å². The zero-order valence-electron chi connectivity index (χ0n) is 14.3. The molecule has 0 spiro atoms. The van der Waals surface area contributed by atoms with Gasteiger partial charge in [0.1, 0.15) is 16.9 Å². The number of H-pyrrole nitrogens is 1. The van der Waals surface area contributed by atoms with Crippen molar-refractivity contribution in [2.45, 2.75) is 0 Å². The number of benzene rings is 3. The molecule has 0 bridgehead atoms. The minimum atomic E-state index is -0.574. The standard InChI is InChI=1S/C23H15NO3/c25-22-16-11-5-7-13-18(16)27-23(26)20(22)21-19(14-8-2-1-3-9-14)15-10-4-6-12-17(15)24-21/h1-13,24-25H. The third kappa shape index (κ3) is 2.34. The van der Waals surface area contributed by atoms with E-state index in [0.29, 0.717) is 16.7 Å². The van der Waals surface area contributed by atoms with Crippen molar-refractivity contribution in [3.63, 3.8) is 0 Å². The van der Waals surface area contributed by atoms with E-state index in [4.69, 9.17) is 4.42 Å². The molecule has 130 valence electrons. The van der Waals surface area contributed by atoms with Gasteiger partial charge in [-0.3, -0.25) is 0 Å². The summed E-state index contributed by atoms with van der Waals surface area (Å²) in [7, 11) is 0. The quantitative estimate of drug-likeness (QED) is 0.422. The lowest BCUT2D eigenvalue weighted by Gasteiger charge is -2.08. The summed E-state index contributed by atoms with van der Waals surface area (Å²) in [6.45, 7) is 0. The minimum Gasteiger partial charge on any atom is -0.506 e. The van der Waals surface area contributed by atoms with Crippen LogP contribution in [0.1, 0.15) is 0 Å². The molecule has 3 aromatic carbocycles. The van der Waals surface area contributed by atoms with Crippen LogP contribution in [0.15, 0.2) is 88.1 Å². The predicted molar refractivity (Wildman–Crippen MR) is 107 cm³/mol. The van der Waals surface area contributed by atoms with Crippen molar-refractivity contribution in [1.82, 2.24) is 4.98 Å². The SMILES string of the molecule is O=c1oc2ccccc2c(O)c1-c1[nH]c2ccccc2c1-c1ccccc1. The summed E-state index contributed by atoms with van der Waals surface area (Å²) in [5.74, 6) is -0.0782. The molecule has 0 atom stereocenters. The van der Waals surface area contributed by atoms with Crippen LogP contribution in [-0.4, -0.2) is 10.1 Å². The molecule has 0 amide bonds. The molecule has 2 N–H and O–H groups in total. The van der Waals surface area contributed by atoms with Gasteiger partial charge in [0.25, 0.3) is 0 Å². The van der Waals surface area contributed by atoms with E-state index in [2.05, 4.69) is 4.98 Å². The van der Waals surface area contributed by atoms with Crippen LogP contribution < -0.4 is 5.63 Å². The number of aromatic hydroxyl groups is 1. The number of rotatable bonds is 2. The smallest absolute Gasteiger partial charge is 0.349 e. The van der Waals surface area contributed by atoms with E-state index >= 15 is 0 Å². The molecule has 0 saturated carbocycles. The Balaban J connectivity index is 1.93. The molecule has 4 heteroatoms. The number of nitrogens with one attached hydrogen (secondary N) is 1. The van der Waals surface area contributed by atoms with Crippen molar-refractivity contribution in [1.29, 1.82) is 0 Å². The Morgan fingerprint density at radius 2 is 1.41 bits per heavy atom. The second kappa shape index (κ2) is 5.88. The number of para-hydroxylation sites is 2. The summed E-state index contributed by atoms with van der Waals surface area (Å²) < 4.78 is 5.48. The first-order valence-electron chi connectivity index (χ1n) is 8.65. The number of fused-ring (bicyclic) bond motifs is 2. The topological polar surface area (TPSA) is 66.2 Å². The summed E-state index contributed by atoms with van der Waals surface area (Å²) in [6, 6.07) is 24.6. The van der Waals surface area contributed by atoms with Gasteiger partial charge in [0.2, 0.25) is 0 Å². The molecule has 0 fully saturated rings. The largest absolute Gasteiger partial charge is 0.506 e. The molecule has 0 unspecified atom stereocenters. The summed E-state index contributed by atoms with van der Waals surface area (Å²) in [5.41, 5.74) is 3.19. The summed E-state index contributed by atoms with van der Waals surface area (Å²) >= 11 is 0. The van der Waals surface area contributed by atoms with Crippen molar-refractivity contribution in [2.75, 3.05) is 0 Å². The molecule has 0 aliphatic heterocycles. The Bertz CT molecular complexity index is 1350. The maximum atomic E-state index is 12.8. The van der Waals surface area contributed by atoms with Gasteiger partial charge in [-0.2, -0.15) is 0 Å². The lowest BCUT2D eigenvalue weighted by molar-refractivity contribution is 0.471. The molecule has 2 heterocycles. The number of aromatic amines is 1. The van der Waals surface area contributed by atoms with Crippen LogP contribution in [-0.2, 0) is 0 Å². The van der Waals surface area contributed by atoms with Gasteiger partial charge in [-0.15, -0.1) is 0 Å². The summed E-state index contributed by atoms with van der Waals surface area (Å²) in [4.78, 5) is 16.1. The fourth-order valence-electron chi connectivity index (χ4n) is 3.59. The first-order chi connectivity index (χ1) is 13.2. The van der Waals surface area contributed by atoms with Crippen molar-refractivity contribution in [2.24, 2.45) is 0 Å². The molecule has 2 aromatic heterocycles. The lowest BCUT2D eigenvalue weighted by Crippen LogP contribution is -2.04. The van der Waals surface area contributed by atoms with Gasteiger partial charge in [0.05, 0.1) is 11.1 Å². The first kappa shape index (κ1) is 15.5. The fourth-order valence-corrected chi connectivity index (χ4v) is 3.59. The van der Waals surface area contributed by atoms with Crippen LogP contribution in [0, 0.1) is 0 Å². The van der Waals surface area contributed by atoms with E-state index < -0.39 is 5.63 Å². The van der Waals surface area contributed by atoms with Crippen LogP contribution in [0.3, 0.4) is 0 Å². The number of aromatic nitrogens is 1. The van der Waals surface area contributed by atoms with Gasteiger partial charge in [0, 0.05) is 16.5 Å². The third-order valence-electron chi connectivity index (χ3n) is 4.80. The molecule has 0 saturated heterocycles. The highest BCUT2D eigenvalue weighted by Gasteiger charge is 2.22. The number of hydrogen-bond donors (Lipinski definition) is 2. The van der Waals surface area contributed by atoms with Gasteiger partial charge in [-0.1, -0.05) is 60.7 Å². The molecule has 4 nitrogen and oxygen atoms in total. The average molecular weight is 353 g/mol. The van der Waals surface area contributed by atoms with Crippen molar-refractivity contribution in [3.8, 4) is 28.1 Å².